The molecule has 0 amide bonds. The van der Waals surface area contributed by atoms with E-state index in [0.717, 1.165) is 17.7 Å². The van der Waals surface area contributed by atoms with E-state index in [1.165, 1.54) is 5.56 Å². The Bertz CT molecular complexity index is 677. The fourth-order valence-electron chi connectivity index (χ4n) is 3.29. The second-order valence-corrected chi connectivity index (χ2v) is 7.36. The average molecular weight is 369 g/mol. The summed E-state index contributed by atoms with van der Waals surface area (Å²) >= 11 is 0. The van der Waals surface area contributed by atoms with Gasteiger partial charge in [-0.05, 0) is 50.5 Å². The molecule has 0 saturated heterocycles. The molecule has 0 heterocycles. The lowest BCUT2D eigenvalue weighted by Gasteiger charge is -2.38. The molecule has 0 aliphatic heterocycles. The third kappa shape index (κ3) is 6.53. The van der Waals surface area contributed by atoms with Gasteiger partial charge in [0.15, 0.2) is 0 Å². The molecule has 0 fully saturated rings. The Kier molecular flexibility index (Phi) is 8.08. The molecule has 27 heavy (non-hydrogen) atoms. The van der Waals surface area contributed by atoms with Gasteiger partial charge in [0.25, 0.3) is 0 Å². The second-order valence-electron chi connectivity index (χ2n) is 7.36. The quantitative estimate of drug-likeness (QED) is 0.494. The molecule has 2 aromatic carbocycles. The van der Waals surface area contributed by atoms with E-state index in [1.807, 2.05) is 30.3 Å². The lowest BCUT2D eigenvalue weighted by atomic mass is 9.81. The van der Waals surface area contributed by atoms with Gasteiger partial charge in [0.2, 0.25) is 0 Å². The van der Waals surface area contributed by atoms with Gasteiger partial charge in [0.05, 0.1) is 32.0 Å². The van der Waals surface area contributed by atoms with Crippen LogP contribution in [0, 0.1) is 5.92 Å². The van der Waals surface area contributed by atoms with Crippen LogP contribution in [0.3, 0.4) is 0 Å². The van der Waals surface area contributed by atoms with Crippen molar-refractivity contribution in [3.8, 4) is 5.75 Å². The summed E-state index contributed by atoms with van der Waals surface area (Å²) in [7, 11) is 1.67. The van der Waals surface area contributed by atoms with Gasteiger partial charge in [0, 0.05) is 5.92 Å². The smallest absolute Gasteiger partial charge is 0.118 e. The van der Waals surface area contributed by atoms with Gasteiger partial charge in [0.1, 0.15) is 5.75 Å². The number of benzene rings is 2. The predicted octanol–water partition coefficient (Wildman–Crippen LogP) is 5.44. The average Bonchev–Trinajstić information content (AvgIpc) is 2.69. The highest BCUT2D eigenvalue weighted by Crippen LogP contribution is 2.30. The maximum atomic E-state index is 6.26. The minimum absolute atomic E-state index is 0.0344. The molecule has 0 spiro atoms. The highest BCUT2D eigenvalue weighted by Gasteiger charge is 2.35. The molecule has 3 nitrogen and oxygen atoms in total. The van der Waals surface area contributed by atoms with E-state index >= 15 is 0 Å². The molecule has 0 saturated carbocycles. The molecule has 2 rings (SSSR count). The molecular weight excluding hydrogens is 336 g/mol. The Morgan fingerprint density at radius 1 is 1.00 bits per heavy atom. The van der Waals surface area contributed by atoms with Crippen molar-refractivity contribution in [1.82, 2.24) is 0 Å². The van der Waals surface area contributed by atoms with Crippen LogP contribution in [0.2, 0.25) is 0 Å². The first-order valence-electron chi connectivity index (χ1n) is 9.49. The molecule has 1 unspecified atom stereocenters. The number of rotatable bonds is 11. The molecule has 0 aliphatic rings. The summed E-state index contributed by atoms with van der Waals surface area (Å²) in [5, 5.41) is 0. The Labute approximate surface area is 164 Å². The number of hydrogen-bond donors (Lipinski definition) is 0. The van der Waals surface area contributed by atoms with Crippen molar-refractivity contribution >= 4 is 0 Å². The van der Waals surface area contributed by atoms with Gasteiger partial charge in [-0.2, -0.15) is 0 Å². The van der Waals surface area contributed by atoms with Crippen molar-refractivity contribution in [1.29, 1.82) is 0 Å². The van der Waals surface area contributed by atoms with Crippen molar-refractivity contribution < 1.29 is 14.2 Å². The summed E-state index contributed by atoms with van der Waals surface area (Å²) in [6, 6.07) is 18.5. The van der Waals surface area contributed by atoms with Crippen LogP contribution in [0.15, 0.2) is 67.3 Å². The molecule has 2 atom stereocenters. The highest BCUT2D eigenvalue weighted by atomic mass is 16.5. The van der Waals surface area contributed by atoms with E-state index in [4.69, 9.17) is 14.2 Å². The van der Waals surface area contributed by atoms with Crippen LogP contribution < -0.4 is 4.74 Å². The van der Waals surface area contributed by atoms with Gasteiger partial charge in [-0.3, -0.25) is 0 Å². The Morgan fingerprint density at radius 3 is 2.26 bits per heavy atom. The predicted molar refractivity (Wildman–Crippen MR) is 111 cm³/mol. The number of hydrogen-bond acceptors (Lipinski definition) is 3. The van der Waals surface area contributed by atoms with E-state index < -0.39 is 0 Å². The molecule has 0 radical (unpaired) electrons. The molecular formula is C24H32O3. The van der Waals surface area contributed by atoms with E-state index in [-0.39, 0.29) is 17.6 Å². The zero-order chi connectivity index (χ0) is 19.7. The molecule has 2 aromatic rings. The van der Waals surface area contributed by atoms with Crippen LogP contribution in [0.4, 0.5) is 0 Å². The molecule has 0 bridgehead atoms. The topological polar surface area (TPSA) is 27.7 Å². The molecule has 146 valence electrons. The van der Waals surface area contributed by atoms with Crippen molar-refractivity contribution in [2.75, 3.05) is 13.7 Å². The number of methoxy groups -OCH3 is 1. The highest BCUT2D eigenvalue weighted by molar-refractivity contribution is 5.26. The van der Waals surface area contributed by atoms with Crippen LogP contribution >= 0.6 is 0 Å². The minimum atomic E-state index is -0.330. The van der Waals surface area contributed by atoms with Gasteiger partial charge >= 0.3 is 0 Å². The van der Waals surface area contributed by atoms with Crippen LogP contribution in [0.5, 0.6) is 5.75 Å². The molecule has 0 aromatic heterocycles. The third-order valence-corrected chi connectivity index (χ3v) is 5.00. The van der Waals surface area contributed by atoms with Crippen molar-refractivity contribution in [2.45, 2.75) is 45.5 Å². The number of ether oxygens (including phenoxy) is 3. The first-order chi connectivity index (χ1) is 13.0. The van der Waals surface area contributed by atoms with Crippen LogP contribution in [-0.4, -0.2) is 25.4 Å². The SMILES string of the molecule is C=CCOC(C)(C)[C@@H](Cc1ccccc1)C(C)OCc1ccc(OC)cc1. The zero-order valence-electron chi connectivity index (χ0n) is 17.0. The minimum Gasteiger partial charge on any atom is -0.497 e. The van der Waals surface area contributed by atoms with E-state index in [2.05, 4.69) is 51.6 Å². The third-order valence-electron chi connectivity index (χ3n) is 5.00. The van der Waals surface area contributed by atoms with Crippen molar-refractivity contribution in [3.05, 3.63) is 78.4 Å². The summed E-state index contributed by atoms with van der Waals surface area (Å²) in [5.74, 6) is 1.06. The van der Waals surface area contributed by atoms with Crippen LogP contribution in [-0.2, 0) is 22.5 Å². The standard InChI is InChI=1S/C24H32O3/c1-6-16-27-24(3,4)23(17-20-10-8-7-9-11-20)19(2)26-18-21-12-14-22(25-5)15-13-21/h6-15,19,23H,1,16-18H2,2-5H3/t19?,23-/m0/s1. The van der Waals surface area contributed by atoms with Crippen LogP contribution in [0.25, 0.3) is 0 Å². The lowest BCUT2D eigenvalue weighted by molar-refractivity contribution is -0.105. The molecule has 3 heteroatoms. The maximum absolute atomic E-state index is 6.26. The fourth-order valence-corrected chi connectivity index (χ4v) is 3.29. The summed E-state index contributed by atoms with van der Waals surface area (Å²) in [6.45, 7) is 11.3. The Morgan fingerprint density at radius 2 is 1.67 bits per heavy atom. The molecule has 0 aliphatic carbocycles. The van der Waals surface area contributed by atoms with Gasteiger partial charge in [-0.15, -0.1) is 6.58 Å². The van der Waals surface area contributed by atoms with Gasteiger partial charge in [-0.25, -0.2) is 0 Å². The monoisotopic (exact) mass is 368 g/mol. The Balaban J connectivity index is 2.08. The lowest BCUT2D eigenvalue weighted by Crippen LogP contribution is -2.43. The largest absolute Gasteiger partial charge is 0.497 e. The van der Waals surface area contributed by atoms with Gasteiger partial charge in [-0.1, -0.05) is 48.5 Å². The van der Waals surface area contributed by atoms with Crippen LogP contribution in [0.1, 0.15) is 31.9 Å². The first-order valence-corrected chi connectivity index (χ1v) is 9.49. The summed E-state index contributed by atoms with van der Waals surface area (Å²) in [4.78, 5) is 0. The van der Waals surface area contributed by atoms with Gasteiger partial charge < -0.3 is 14.2 Å². The Hall–Kier alpha value is -2.10. The first kappa shape index (κ1) is 21.2. The van der Waals surface area contributed by atoms with E-state index in [0.29, 0.717) is 13.2 Å². The normalized spacial score (nSPS) is 13.8. The molecule has 0 N–H and O–H groups in total. The van der Waals surface area contributed by atoms with E-state index in [1.54, 1.807) is 13.2 Å². The maximum Gasteiger partial charge on any atom is 0.118 e. The summed E-state index contributed by atoms with van der Waals surface area (Å²) < 4.78 is 17.6. The summed E-state index contributed by atoms with van der Waals surface area (Å²) in [5.41, 5.74) is 2.09. The fraction of sp³-hybridized carbons (Fsp3) is 0.417. The van der Waals surface area contributed by atoms with Crippen molar-refractivity contribution in [3.63, 3.8) is 0 Å². The second kappa shape index (κ2) is 10.3. The van der Waals surface area contributed by atoms with Crippen molar-refractivity contribution in [2.24, 2.45) is 5.92 Å². The zero-order valence-corrected chi connectivity index (χ0v) is 17.0. The summed E-state index contributed by atoms with van der Waals surface area (Å²) in [6.07, 6.45) is 2.73. The van der Waals surface area contributed by atoms with E-state index in [9.17, 15) is 0 Å².